The third-order valence-electron chi connectivity index (χ3n) is 6.62. The third-order valence-corrected chi connectivity index (χ3v) is 8.10. The number of hydrogen-bond donors (Lipinski definition) is 3. The molecule has 0 bridgehead atoms. The van der Waals surface area contributed by atoms with E-state index in [1.54, 1.807) is 67.6 Å². The van der Waals surface area contributed by atoms with Crippen molar-refractivity contribution in [2.75, 3.05) is 34.0 Å². The van der Waals surface area contributed by atoms with E-state index in [1.807, 2.05) is 6.07 Å². The fourth-order valence-corrected chi connectivity index (χ4v) is 5.52. The van der Waals surface area contributed by atoms with Crippen LogP contribution in [0.1, 0.15) is 34.0 Å². The zero-order valence-electron chi connectivity index (χ0n) is 23.5. The Balaban J connectivity index is 1.59. The van der Waals surface area contributed by atoms with Gasteiger partial charge in [-0.2, -0.15) is 17.8 Å². The zero-order valence-corrected chi connectivity index (χ0v) is 24.3. The molecule has 1 atom stereocenters. The predicted molar refractivity (Wildman–Crippen MR) is 157 cm³/mol. The topological polar surface area (TPSA) is 153 Å². The molecule has 4 rings (SSSR count). The van der Waals surface area contributed by atoms with E-state index in [-0.39, 0.29) is 38.0 Å². The van der Waals surface area contributed by atoms with E-state index >= 15 is 0 Å². The van der Waals surface area contributed by atoms with Gasteiger partial charge in [-0.25, -0.2) is 14.5 Å². The van der Waals surface area contributed by atoms with E-state index in [2.05, 4.69) is 14.8 Å². The number of carbonyl (C=O) groups is 1. The van der Waals surface area contributed by atoms with Crippen LogP contribution in [0.5, 0.6) is 5.75 Å². The number of aliphatic imine (C=N–C) groups is 1. The third kappa shape index (κ3) is 6.77. The van der Waals surface area contributed by atoms with Crippen LogP contribution in [-0.4, -0.2) is 79.6 Å². The summed E-state index contributed by atoms with van der Waals surface area (Å²) in [5.74, 6) is -0.505. The summed E-state index contributed by atoms with van der Waals surface area (Å²) in [5, 5.41) is 27.0. The average molecular weight is 596 g/mol. The molecule has 222 valence electrons. The second kappa shape index (κ2) is 13.1. The summed E-state index contributed by atoms with van der Waals surface area (Å²) in [7, 11) is -1.19. The Labute approximate surface area is 244 Å². The van der Waals surface area contributed by atoms with Gasteiger partial charge >= 0.3 is 16.2 Å². The largest absolute Gasteiger partial charge is 0.489 e. The van der Waals surface area contributed by atoms with Crippen LogP contribution in [0.4, 0.5) is 0 Å². The minimum absolute atomic E-state index is 0.0669. The van der Waals surface area contributed by atoms with Crippen LogP contribution in [0.15, 0.2) is 89.0 Å². The molecule has 1 aliphatic heterocycles. The van der Waals surface area contributed by atoms with Crippen molar-refractivity contribution in [2.45, 2.75) is 19.1 Å². The average Bonchev–Trinajstić information content (AvgIpc) is 3.36. The van der Waals surface area contributed by atoms with Gasteiger partial charge in [0.1, 0.15) is 24.8 Å². The van der Waals surface area contributed by atoms with Crippen molar-refractivity contribution >= 4 is 27.8 Å². The molecular formula is C29H33N5O7S. The first-order valence-electron chi connectivity index (χ1n) is 13.0. The monoisotopic (exact) mass is 595 g/mol. The normalized spacial score (nSPS) is 17.3. The first-order chi connectivity index (χ1) is 20.1. The molecule has 13 heteroatoms. The molecule has 3 N–H and O–H groups in total. The fraction of sp³-hybridized carbons (Fsp3) is 0.276. The Bertz CT molecular complexity index is 1550. The summed E-state index contributed by atoms with van der Waals surface area (Å²) in [6, 6.07) is 22.4. The van der Waals surface area contributed by atoms with Crippen LogP contribution in [0.2, 0.25) is 0 Å². The molecule has 3 aromatic rings. The van der Waals surface area contributed by atoms with E-state index in [1.165, 1.54) is 31.3 Å². The van der Waals surface area contributed by atoms with Crippen molar-refractivity contribution in [3.63, 3.8) is 0 Å². The molecule has 1 aliphatic rings. The highest BCUT2D eigenvalue weighted by Crippen LogP contribution is 2.33. The van der Waals surface area contributed by atoms with Gasteiger partial charge in [-0.05, 0) is 47.5 Å². The second-order valence-electron chi connectivity index (χ2n) is 9.39. The molecule has 42 heavy (non-hydrogen) atoms. The fourth-order valence-electron chi connectivity index (χ4n) is 4.38. The van der Waals surface area contributed by atoms with Crippen molar-refractivity contribution in [1.29, 1.82) is 0 Å². The molecule has 1 unspecified atom stereocenters. The molecule has 1 heterocycles. The highest BCUT2D eigenvalue weighted by atomic mass is 32.2. The molecule has 0 aromatic heterocycles. The van der Waals surface area contributed by atoms with E-state index in [0.717, 1.165) is 9.87 Å². The molecule has 0 amide bonds. The number of hydrogen-bond acceptors (Lipinski definition) is 8. The lowest BCUT2D eigenvalue weighted by molar-refractivity contribution is 0.0696. The van der Waals surface area contributed by atoms with Crippen molar-refractivity contribution in [3.8, 4) is 5.75 Å². The van der Waals surface area contributed by atoms with E-state index in [9.17, 15) is 18.3 Å². The molecule has 12 nitrogen and oxygen atoms in total. The van der Waals surface area contributed by atoms with Crippen molar-refractivity contribution in [3.05, 3.63) is 101 Å². The number of carboxylic acids is 1. The van der Waals surface area contributed by atoms with Crippen molar-refractivity contribution in [1.82, 2.24) is 14.0 Å². The number of aliphatic hydroxyl groups is 1. The van der Waals surface area contributed by atoms with Crippen LogP contribution in [-0.2, 0) is 27.2 Å². The first kappa shape index (κ1) is 30.7. The van der Waals surface area contributed by atoms with Crippen LogP contribution in [0.25, 0.3) is 0 Å². The van der Waals surface area contributed by atoms with Gasteiger partial charge < -0.3 is 19.7 Å². The summed E-state index contributed by atoms with van der Waals surface area (Å²) >= 11 is 0. The number of guanidine groups is 1. The molecule has 0 radical (unpaired) electrons. The summed E-state index contributed by atoms with van der Waals surface area (Å²) in [6.45, 7) is 1.85. The van der Waals surface area contributed by atoms with E-state index < -0.39 is 21.8 Å². The van der Waals surface area contributed by atoms with Gasteiger partial charge in [-0.3, -0.25) is 4.99 Å². The lowest BCUT2D eigenvalue weighted by Gasteiger charge is -2.27. The van der Waals surface area contributed by atoms with Crippen molar-refractivity contribution < 1.29 is 32.9 Å². The van der Waals surface area contributed by atoms with E-state index in [0.29, 0.717) is 22.6 Å². The number of carboxylic acid groups (broad SMARTS) is 1. The molecule has 0 saturated heterocycles. The molecule has 0 fully saturated rings. The lowest BCUT2D eigenvalue weighted by atomic mass is 9.86. The number of benzene rings is 3. The van der Waals surface area contributed by atoms with Crippen LogP contribution < -0.4 is 9.46 Å². The van der Waals surface area contributed by atoms with Gasteiger partial charge in [0.15, 0.2) is 5.60 Å². The summed E-state index contributed by atoms with van der Waals surface area (Å²) in [6.07, 6.45) is 0. The molecule has 0 spiro atoms. The standard InChI is InChI=1S/C29H33N5O7S/c1-4-33(20-40-3)42(38,39)32-28(30-2)34-19-29(37,24-8-6-5-7-9-24)26(31-34)22-14-16-25(17-15-22)41-18-21-10-12-23(13-11-21)27(35)36/h5-17,37H,4,18-20H2,1-3H3,(H,30,32)(H,35,36). The molecule has 0 aliphatic carbocycles. The van der Waals surface area contributed by atoms with Gasteiger partial charge in [0.25, 0.3) is 0 Å². The Morgan fingerprint density at radius 2 is 1.76 bits per heavy atom. The number of methoxy groups -OCH3 is 1. The van der Waals surface area contributed by atoms with Gasteiger partial charge in [0.05, 0.1) is 12.1 Å². The maximum absolute atomic E-state index is 13.0. The number of aromatic carboxylic acids is 1. The SMILES string of the molecule is CCN(COC)S(=O)(=O)NC(=NC)N1CC(O)(c2ccccc2)C(c2ccc(OCc3ccc(C(=O)O)cc3)cc2)=N1. The van der Waals surface area contributed by atoms with Crippen LogP contribution in [0.3, 0.4) is 0 Å². The number of ether oxygens (including phenoxy) is 2. The summed E-state index contributed by atoms with van der Waals surface area (Å²) in [5.41, 5.74) is 0.878. The number of nitrogens with zero attached hydrogens (tertiary/aromatic N) is 4. The Morgan fingerprint density at radius 1 is 1.10 bits per heavy atom. The second-order valence-corrected chi connectivity index (χ2v) is 11.1. The smallest absolute Gasteiger partial charge is 0.335 e. The minimum atomic E-state index is -4.02. The number of rotatable bonds is 11. The van der Waals surface area contributed by atoms with Gasteiger partial charge in [0.2, 0.25) is 5.96 Å². The van der Waals surface area contributed by atoms with Gasteiger partial charge in [-0.1, -0.05) is 49.4 Å². The maximum atomic E-state index is 13.0. The van der Waals surface area contributed by atoms with E-state index in [4.69, 9.17) is 14.6 Å². The summed E-state index contributed by atoms with van der Waals surface area (Å²) < 4.78 is 40.4. The minimum Gasteiger partial charge on any atom is -0.489 e. The number of nitrogens with one attached hydrogen (secondary N) is 1. The highest BCUT2D eigenvalue weighted by Gasteiger charge is 2.45. The van der Waals surface area contributed by atoms with Gasteiger partial charge in [-0.15, -0.1) is 0 Å². The summed E-state index contributed by atoms with van der Waals surface area (Å²) in [4.78, 5) is 15.2. The molecule has 0 saturated carbocycles. The molecular weight excluding hydrogens is 562 g/mol. The first-order valence-corrected chi connectivity index (χ1v) is 14.5. The number of hydrazone groups is 1. The van der Waals surface area contributed by atoms with Crippen LogP contribution in [0, 0.1) is 0 Å². The quantitative estimate of drug-likeness (QED) is 0.174. The Kier molecular flexibility index (Phi) is 9.58. The lowest BCUT2D eigenvalue weighted by Crippen LogP contribution is -2.50. The number of β-amino-alcohol motifs (C(OH)–C–C–N with tert-alkyl or cyclic N) is 1. The molecule has 3 aromatic carbocycles. The maximum Gasteiger partial charge on any atom is 0.335 e. The van der Waals surface area contributed by atoms with Gasteiger partial charge in [0, 0.05) is 26.3 Å². The Morgan fingerprint density at radius 3 is 2.33 bits per heavy atom. The highest BCUT2D eigenvalue weighted by molar-refractivity contribution is 7.87. The Hall–Kier alpha value is -4.30. The predicted octanol–water partition coefficient (Wildman–Crippen LogP) is 2.62. The zero-order chi connectivity index (χ0) is 30.3. The van der Waals surface area contributed by atoms with Crippen molar-refractivity contribution in [2.24, 2.45) is 10.1 Å². The van der Waals surface area contributed by atoms with Crippen LogP contribution >= 0.6 is 0 Å².